The Morgan fingerprint density at radius 3 is 2.39 bits per heavy atom. The number of carbonyl (C=O) groups excluding carboxylic acids is 3. The van der Waals surface area contributed by atoms with Crippen LogP contribution in [-0.2, 0) is 25.4 Å². The van der Waals surface area contributed by atoms with Gasteiger partial charge in [0.1, 0.15) is 11.6 Å². The number of amides is 1. The van der Waals surface area contributed by atoms with E-state index in [9.17, 15) is 14.4 Å². The van der Waals surface area contributed by atoms with Crippen LogP contribution < -0.4 is 5.32 Å². The molecular weight excluding hydrogens is 364 g/mol. The van der Waals surface area contributed by atoms with Crippen LogP contribution in [0.2, 0.25) is 0 Å². The van der Waals surface area contributed by atoms with Crippen molar-refractivity contribution in [3.05, 3.63) is 35.5 Å². The summed E-state index contributed by atoms with van der Waals surface area (Å²) in [5, 5.41) is 3.36. The van der Waals surface area contributed by atoms with Gasteiger partial charge in [-0.3, -0.25) is 4.57 Å². The van der Waals surface area contributed by atoms with E-state index in [4.69, 9.17) is 14.2 Å². The molecule has 0 radical (unpaired) electrons. The fraction of sp³-hybridized carbons (Fsp3) is 0.450. The number of aryl methyl sites for hydroxylation is 1. The lowest BCUT2D eigenvalue weighted by Crippen LogP contribution is -2.45. The molecule has 0 aliphatic carbocycles. The number of nitrogens with one attached hydrogen (secondary N) is 1. The van der Waals surface area contributed by atoms with Crippen molar-refractivity contribution in [1.82, 2.24) is 9.88 Å². The van der Waals surface area contributed by atoms with Crippen LogP contribution in [0.4, 0.5) is 9.59 Å². The minimum atomic E-state index is -0.976. The van der Waals surface area contributed by atoms with Crippen molar-refractivity contribution >= 4 is 29.1 Å². The summed E-state index contributed by atoms with van der Waals surface area (Å²) >= 11 is 0. The van der Waals surface area contributed by atoms with E-state index in [1.165, 1.54) is 18.8 Å². The largest absolute Gasteiger partial charge is 0.467 e. The maximum absolute atomic E-state index is 12.2. The summed E-state index contributed by atoms with van der Waals surface area (Å²) in [4.78, 5) is 36.5. The molecule has 0 saturated carbocycles. The zero-order valence-corrected chi connectivity index (χ0v) is 17.0. The van der Waals surface area contributed by atoms with E-state index in [1.807, 2.05) is 19.1 Å². The normalized spacial score (nSPS) is 12.4. The molecule has 0 bridgehead atoms. The van der Waals surface area contributed by atoms with Crippen molar-refractivity contribution in [2.45, 2.75) is 45.8 Å². The van der Waals surface area contributed by atoms with E-state index >= 15 is 0 Å². The summed E-state index contributed by atoms with van der Waals surface area (Å²) in [6.45, 7) is 7.09. The molecule has 1 aromatic heterocycles. The maximum Gasteiger partial charge on any atom is 0.418 e. The molecule has 0 unspecified atom stereocenters. The van der Waals surface area contributed by atoms with Crippen LogP contribution in [-0.4, -0.2) is 48.6 Å². The van der Waals surface area contributed by atoms with E-state index in [0.29, 0.717) is 11.1 Å². The third-order valence-corrected chi connectivity index (χ3v) is 4.09. The molecular formula is C20H26N2O6. The molecule has 8 heteroatoms. The number of fused-ring (bicyclic) bond motifs is 1. The number of benzene rings is 1. The number of alkyl carbamates (subject to hydrolysis) is 1. The SMILES string of the molecule is COC(=O)[C@@H](Cc1cn(C(=O)OC)c2cccc(C)c12)NC(=O)OC(C)(C)C. The molecule has 1 heterocycles. The van der Waals surface area contributed by atoms with Gasteiger partial charge in [0.15, 0.2) is 0 Å². The number of aromatic nitrogens is 1. The van der Waals surface area contributed by atoms with Gasteiger partial charge in [-0.25, -0.2) is 14.4 Å². The molecule has 0 aliphatic rings. The van der Waals surface area contributed by atoms with Crippen molar-refractivity contribution < 1.29 is 28.6 Å². The third kappa shape index (κ3) is 4.82. The first-order chi connectivity index (χ1) is 13.1. The zero-order chi connectivity index (χ0) is 21.1. The predicted octanol–water partition coefficient (Wildman–Crippen LogP) is 3.17. The first-order valence-corrected chi connectivity index (χ1v) is 8.82. The zero-order valence-electron chi connectivity index (χ0n) is 17.0. The summed E-state index contributed by atoms with van der Waals surface area (Å²) in [5.41, 5.74) is 1.58. The highest BCUT2D eigenvalue weighted by Crippen LogP contribution is 2.26. The van der Waals surface area contributed by atoms with E-state index in [-0.39, 0.29) is 6.42 Å². The number of hydrogen-bond donors (Lipinski definition) is 1. The number of nitrogens with zero attached hydrogens (tertiary/aromatic N) is 1. The molecule has 0 spiro atoms. The van der Waals surface area contributed by atoms with Crippen LogP contribution in [0.5, 0.6) is 0 Å². The van der Waals surface area contributed by atoms with Crippen LogP contribution in [0, 0.1) is 6.92 Å². The van der Waals surface area contributed by atoms with E-state index in [0.717, 1.165) is 10.9 Å². The van der Waals surface area contributed by atoms with Crippen LogP contribution >= 0.6 is 0 Å². The average Bonchev–Trinajstić information content (AvgIpc) is 2.98. The second-order valence-electron chi connectivity index (χ2n) is 7.39. The summed E-state index contributed by atoms with van der Waals surface area (Å²) < 4.78 is 16.3. The molecule has 1 amide bonds. The molecule has 2 rings (SSSR count). The van der Waals surface area contributed by atoms with Crippen molar-refractivity contribution in [2.24, 2.45) is 0 Å². The fourth-order valence-electron chi connectivity index (χ4n) is 2.97. The Morgan fingerprint density at radius 2 is 1.82 bits per heavy atom. The fourth-order valence-corrected chi connectivity index (χ4v) is 2.97. The van der Waals surface area contributed by atoms with Gasteiger partial charge in [-0.05, 0) is 44.9 Å². The molecule has 1 atom stereocenters. The molecule has 0 saturated heterocycles. The third-order valence-electron chi connectivity index (χ3n) is 4.09. The lowest BCUT2D eigenvalue weighted by atomic mass is 10.0. The maximum atomic E-state index is 12.2. The van der Waals surface area contributed by atoms with Gasteiger partial charge in [-0.1, -0.05) is 12.1 Å². The highest BCUT2D eigenvalue weighted by molar-refractivity contribution is 5.94. The van der Waals surface area contributed by atoms with Gasteiger partial charge < -0.3 is 19.5 Å². The second kappa shape index (κ2) is 8.33. The van der Waals surface area contributed by atoms with E-state index in [1.54, 1.807) is 33.0 Å². The van der Waals surface area contributed by atoms with Gasteiger partial charge in [0.25, 0.3) is 0 Å². The topological polar surface area (TPSA) is 95.9 Å². The monoisotopic (exact) mass is 390 g/mol. The standard InChI is InChI=1S/C20H26N2O6/c1-12-8-7-9-15-16(12)13(11-22(15)19(25)27-6)10-14(17(23)26-5)21-18(24)28-20(2,3)4/h7-9,11,14H,10H2,1-6H3,(H,21,24)/t14-/m1/s1. The lowest BCUT2D eigenvalue weighted by Gasteiger charge is -2.22. The molecule has 8 nitrogen and oxygen atoms in total. The highest BCUT2D eigenvalue weighted by atomic mass is 16.6. The molecule has 1 aromatic carbocycles. The van der Waals surface area contributed by atoms with Crippen molar-refractivity contribution in [3.8, 4) is 0 Å². The van der Waals surface area contributed by atoms with Crippen molar-refractivity contribution in [1.29, 1.82) is 0 Å². The average molecular weight is 390 g/mol. The number of esters is 1. The number of carbonyl (C=O) groups is 3. The van der Waals surface area contributed by atoms with Gasteiger partial charge in [0, 0.05) is 18.0 Å². The van der Waals surface area contributed by atoms with Gasteiger partial charge >= 0.3 is 18.2 Å². The van der Waals surface area contributed by atoms with Gasteiger partial charge in [-0.15, -0.1) is 0 Å². The Labute approximate surface area is 163 Å². The molecule has 1 N–H and O–H groups in total. The Bertz CT molecular complexity index is 894. The molecule has 2 aromatic rings. The van der Waals surface area contributed by atoms with E-state index < -0.39 is 29.8 Å². The number of hydrogen-bond acceptors (Lipinski definition) is 6. The Kier molecular flexibility index (Phi) is 6.33. The minimum absolute atomic E-state index is 0.122. The highest BCUT2D eigenvalue weighted by Gasteiger charge is 2.27. The smallest absolute Gasteiger partial charge is 0.418 e. The van der Waals surface area contributed by atoms with Crippen LogP contribution in [0.15, 0.2) is 24.4 Å². The number of rotatable bonds is 4. The Morgan fingerprint density at radius 1 is 1.14 bits per heavy atom. The Hall–Kier alpha value is -3.03. The Balaban J connectivity index is 2.41. The first kappa shape index (κ1) is 21.3. The van der Waals surface area contributed by atoms with Crippen LogP contribution in [0.1, 0.15) is 31.9 Å². The second-order valence-corrected chi connectivity index (χ2v) is 7.39. The van der Waals surface area contributed by atoms with Crippen molar-refractivity contribution in [2.75, 3.05) is 14.2 Å². The summed E-state index contributed by atoms with van der Waals surface area (Å²) in [6, 6.07) is 4.55. The predicted molar refractivity (Wildman–Crippen MR) is 103 cm³/mol. The number of ether oxygens (including phenoxy) is 3. The molecule has 0 aliphatic heterocycles. The lowest BCUT2D eigenvalue weighted by molar-refractivity contribution is -0.143. The number of methoxy groups -OCH3 is 2. The van der Waals surface area contributed by atoms with Crippen LogP contribution in [0.25, 0.3) is 10.9 Å². The quantitative estimate of drug-likeness (QED) is 0.636. The van der Waals surface area contributed by atoms with Gasteiger partial charge in [0.05, 0.1) is 19.7 Å². The van der Waals surface area contributed by atoms with Gasteiger partial charge in [0.2, 0.25) is 0 Å². The summed E-state index contributed by atoms with van der Waals surface area (Å²) in [6.07, 6.45) is 0.459. The first-order valence-electron chi connectivity index (χ1n) is 8.82. The summed E-state index contributed by atoms with van der Waals surface area (Å²) in [7, 11) is 2.54. The minimum Gasteiger partial charge on any atom is -0.467 e. The molecule has 0 fully saturated rings. The van der Waals surface area contributed by atoms with Gasteiger partial charge in [-0.2, -0.15) is 0 Å². The molecule has 152 valence electrons. The molecule has 28 heavy (non-hydrogen) atoms. The summed E-state index contributed by atoms with van der Waals surface area (Å²) in [5.74, 6) is -0.613. The van der Waals surface area contributed by atoms with Crippen LogP contribution in [0.3, 0.4) is 0 Å². The van der Waals surface area contributed by atoms with Crippen molar-refractivity contribution in [3.63, 3.8) is 0 Å². The van der Waals surface area contributed by atoms with E-state index in [2.05, 4.69) is 5.32 Å².